The normalized spacial score (nSPS) is 12.4. The van der Waals surface area contributed by atoms with Gasteiger partial charge >= 0.3 is 5.97 Å². The summed E-state index contributed by atoms with van der Waals surface area (Å²) in [4.78, 5) is 25.1. The Kier molecular flexibility index (Phi) is 6.70. The SMILES string of the molecule is CCOC(=O)c1ccccc1NC(=O)[C@H](c1ccccc1)N(C)S(C)(=O)=O. The summed E-state index contributed by atoms with van der Waals surface area (Å²) < 4.78 is 30.1. The topological polar surface area (TPSA) is 92.8 Å². The summed E-state index contributed by atoms with van der Waals surface area (Å²) in [5, 5.41) is 2.66. The van der Waals surface area contributed by atoms with E-state index in [2.05, 4.69) is 5.32 Å². The summed E-state index contributed by atoms with van der Waals surface area (Å²) in [6.07, 6.45) is 1.03. The number of hydrogen-bond acceptors (Lipinski definition) is 5. The van der Waals surface area contributed by atoms with Gasteiger partial charge in [-0.25, -0.2) is 13.2 Å². The fourth-order valence-electron chi connectivity index (χ4n) is 2.53. The molecule has 27 heavy (non-hydrogen) atoms. The summed E-state index contributed by atoms with van der Waals surface area (Å²) in [6.45, 7) is 1.89. The lowest BCUT2D eigenvalue weighted by Gasteiger charge is -2.26. The van der Waals surface area contributed by atoms with Crippen molar-refractivity contribution in [1.29, 1.82) is 0 Å². The molecule has 144 valence electrons. The molecule has 1 N–H and O–H groups in total. The van der Waals surface area contributed by atoms with Crippen molar-refractivity contribution in [2.75, 3.05) is 25.2 Å². The Morgan fingerprint density at radius 3 is 2.26 bits per heavy atom. The first-order chi connectivity index (χ1) is 12.8. The van der Waals surface area contributed by atoms with Gasteiger partial charge in [-0.15, -0.1) is 0 Å². The van der Waals surface area contributed by atoms with E-state index in [1.54, 1.807) is 55.5 Å². The molecular formula is C19H22N2O5S. The maximum atomic E-state index is 13.0. The van der Waals surface area contributed by atoms with Crippen LogP contribution in [0.5, 0.6) is 0 Å². The van der Waals surface area contributed by atoms with Gasteiger partial charge in [-0.05, 0) is 24.6 Å². The zero-order chi connectivity index (χ0) is 20.0. The molecule has 7 nitrogen and oxygen atoms in total. The predicted molar refractivity (Wildman–Crippen MR) is 103 cm³/mol. The minimum atomic E-state index is -3.64. The van der Waals surface area contributed by atoms with Crippen molar-refractivity contribution >= 4 is 27.6 Å². The van der Waals surface area contributed by atoms with Crippen LogP contribution in [0.3, 0.4) is 0 Å². The van der Waals surface area contributed by atoms with Gasteiger partial charge in [0.15, 0.2) is 0 Å². The minimum Gasteiger partial charge on any atom is -0.462 e. The van der Waals surface area contributed by atoms with E-state index in [9.17, 15) is 18.0 Å². The molecule has 0 saturated heterocycles. The second-order valence-electron chi connectivity index (χ2n) is 5.85. The lowest BCUT2D eigenvalue weighted by Crippen LogP contribution is -2.38. The largest absolute Gasteiger partial charge is 0.462 e. The van der Waals surface area contributed by atoms with Crippen molar-refractivity contribution in [3.05, 3.63) is 65.7 Å². The number of para-hydroxylation sites is 1. The van der Waals surface area contributed by atoms with Crippen molar-refractivity contribution in [3.8, 4) is 0 Å². The van der Waals surface area contributed by atoms with Gasteiger partial charge in [0.1, 0.15) is 6.04 Å². The van der Waals surface area contributed by atoms with Crippen LogP contribution in [0.25, 0.3) is 0 Å². The molecule has 0 spiro atoms. The third-order valence-corrected chi connectivity index (χ3v) is 5.19. The third-order valence-electron chi connectivity index (χ3n) is 3.93. The average molecular weight is 390 g/mol. The van der Waals surface area contributed by atoms with E-state index in [0.717, 1.165) is 10.6 Å². The van der Waals surface area contributed by atoms with Gasteiger partial charge in [0, 0.05) is 7.05 Å². The molecule has 1 amide bonds. The number of ether oxygens (including phenoxy) is 1. The Hall–Kier alpha value is -2.71. The highest BCUT2D eigenvalue weighted by Crippen LogP contribution is 2.25. The van der Waals surface area contributed by atoms with Gasteiger partial charge in [0.2, 0.25) is 15.9 Å². The minimum absolute atomic E-state index is 0.196. The number of amides is 1. The summed E-state index contributed by atoms with van der Waals surface area (Å²) in [5.41, 5.74) is 0.960. The van der Waals surface area contributed by atoms with E-state index in [0.29, 0.717) is 5.56 Å². The Labute approximate surface area is 159 Å². The van der Waals surface area contributed by atoms with Crippen LogP contribution >= 0.6 is 0 Å². The van der Waals surface area contributed by atoms with Crippen LogP contribution in [0.2, 0.25) is 0 Å². The number of sulfonamides is 1. The molecular weight excluding hydrogens is 368 g/mol. The number of esters is 1. The van der Waals surface area contributed by atoms with Crippen molar-refractivity contribution in [3.63, 3.8) is 0 Å². The van der Waals surface area contributed by atoms with Crippen molar-refractivity contribution in [2.45, 2.75) is 13.0 Å². The zero-order valence-corrected chi connectivity index (χ0v) is 16.2. The van der Waals surface area contributed by atoms with Crippen LogP contribution in [0.1, 0.15) is 28.9 Å². The molecule has 0 aliphatic carbocycles. The molecule has 8 heteroatoms. The van der Waals surface area contributed by atoms with Crippen LogP contribution < -0.4 is 5.32 Å². The number of carbonyl (C=O) groups is 2. The summed E-state index contributed by atoms with van der Waals surface area (Å²) in [5.74, 6) is -1.15. The third kappa shape index (κ3) is 5.15. The van der Waals surface area contributed by atoms with Gasteiger partial charge in [-0.3, -0.25) is 4.79 Å². The number of likely N-dealkylation sites (N-methyl/N-ethyl adjacent to an activating group) is 1. The first-order valence-corrected chi connectivity index (χ1v) is 10.2. The number of rotatable bonds is 7. The van der Waals surface area contributed by atoms with E-state index in [-0.39, 0.29) is 17.9 Å². The Bertz CT molecular complexity index is 913. The molecule has 0 fully saturated rings. The quantitative estimate of drug-likeness (QED) is 0.733. The van der Waals surface area contributed by atoms with E-state index in [1.807, 2.05) is 0 Å². The first-order valence-electron chi connectivity index (χ1n) is 8.30. The van der Waals surface area contributed by atoms with Gasteiger partial charge in [0.05, 0.1) is 24.1 Å². The molecule has 1 atom stereocenters. The van der Waals surface area contributed by atoms with Gasteiger partial charge in [-0.2, -0.15) is 4.31 Å². The number of hydrogen-bond donors (Lipinski definition) is 1. The smallest absolute Gasteiger partial charge is 0.340 e. The molecule has 0 heterocycles. The van der Waals surface area contributed by atoms with Crippen LogP contribution in [0.4, 0.5) is 5.69 Å². The first kappa shape index (κ1) is 20.6. The van der Waals surface area contributed by atoms with Crippen LogP contribution in [-0.2, 0) is 19.6 Å². The molecule has 2 aromatic rings. The fourth-order valence-corrected chi connectivity index (χ4v) is 3.13. The van der Waals surface area contributed by atoms with E-state index >= 15 is 0 Å². The molecule has 2 aromatic carbocycles. The van der Waals surface area contributed by atoms with Crippen LogP contribution in [0, 0.1) is 0 Å². The Balaban J connectivity index is 2.39. The number of benzene rings is 2. The average Bonchev–Trinajstić information content (AvgIpc) is 2.62. The predicted octanol–water partition coefficient (Wildman–Crippen LogP) is 2.43. The van der Waals surface area contributed by atoms with Crippen LogP contribution in [-0.4, -0.2) is 44.5 Å². The molecule has 0 radical (unpaired) electrons. The molecule has 0 unspecified atom stereocenters. The molecule has 2 rings (SSSR count). The standard InChI is InChI=1S/C19H22N2O5S/c1-4-26-19(23)15-12-8-9-13-16(15)20-18(22)17(21(2)27(3,24)25)14-10-6-5-7-11-14/h5-13,17H,4H2,1-3H3,(H,20,22)/t17-/m0/s1. The monoisotopic (exact) mass is 390 g/mol. The molecule has 0 aromatic heterocycles. The van der Waals surface area contributed by atoms with Crippen molar-refractivity contribution < 1.29 is 22.7 Å². The highest BCUT2D eigenvalue weighted by molar-refractivity contribution is 7.88. The second kappa shape index (κ2) is 8.79. The lowest BCUT2D eigenvalue weighted by molar-refractivity contribution is -0.119. The summed E-state index contributed by atoms with van der Waals surface area (Å²) in [6, 6.07) is 13.9. The van der Waals surface area contributed by atoms with E-state index in [1.165, 1.54) is 13.1 Å². The number of anilines is 1. The molecule has 0 saturated carbocycles. The van der Waals surface area contributed by atoms with Gasteiger partial charge < -0.3 is 10.1 Å². The highest BCUT2D eigenvalue weighted by atomic mass is 32.2. The maximum absolute atomic E-state index is 13.0. The van der Waals surface area contributed by atoms with Gasteiger partial charge in [0.25, 0.3) is 0 Å². The van der Waals surface area contributed by atoms with Crippen LogP contribution in [0.15, 0.2) is 54.6 Å². The maximum Gasteiger partial charge on any atom is 0.340 e. The molecule has 0 bridgehead atoms. The number of carbonyl (C=O) groups excluding carboxylic acids is 2. The molecule has 0 aliphatic rings. The number of nitrogens with one attached hydrogen (secondary N) is 1. The Morgan fingerprint density at radius 2 is 1.67 bits per heavy atom. The summed E-state index contributed by atoms with van der Waals surface area (Å²) >= 11 is 0. The Morgan fingerprint density at radius 1 is 1.07 bits per heavy atom. The fraction of sp³-hybridized carbons (Fsp3) is 0.263. The highest BCUT2D eigenvalue weighted by Gasteiger charge is 2.31. The zero-order valence-electron chi connectivity index (χ0n) is 15.4. The summed E-state index contributed by atoms with van der Waals surface area (Å²) in [7, 11) is -2.30. The number of nitrogens with zero attached hydrogens (tertiary/aromatic N) is 1. The van der Waals surface area contributed by atoms with E-state index in [4.69, 9.17) is 4.74 Å². The van der Waals surface area contributed by atoms with Crippen molar-refractivity contribution in [1.82, 2.24) is 4.31 Å². The van der Waals surface area contributed by atoms with Gasteiger partial charge in [-0.1, -0.05) is 42.5 Å². The molecule has 0 aliphatic heterocycles. The lowest BCUT2D eigenvalue weighted by atomic mass is 10.1. The van der Waals surface area contributed by atoms with E-state index < -0.39 is 27.9 Å². The van der Waals surface area contributed by atoms with Crippen molar-refractivity contribution in [2.24, 2.45) is 0 Å². The second-order valence-corrected chi connectivity index (χ2v) is 7.89.